The van der Waals surface area contributed by atoms with E-state index in [4.69, 9.17) is 14.9 Å². The number of rotatable bonds is 11. The molecule has 0 amide bonds. The molecule has 0 spiro atoms. The Morgan fingerprint density at radius 3 is 2.42 bits per heavy atom. The van der Waals surface area contributed by atoms with Crippen molar-refractivity contribution in [2.24, 2.45) is 10.1 Å². The zero-order valence-electron chi connectivity index (χ0n) is 16.4. The first-order valence-corrected chi connectivity index (χ1v) is 9.76. The third-order valence-corrected chi connectivity index (χ3v) is 4.19. The van der Waals surface area contributed by atoms with Gasteiger partial charge in [0, 0.05) is 29.9 Å². The molecule has 0 saturated carbocycles. The van der Waals surface area contributed by atoms with Crippen molar-refractivity contribution in [3.8, 4) is 5.75 Å². The Morgan fingerprint density at radius 2 is 1.85 bits per heavy atom. The summed E-state index contributed by atoms with van der Waals surface area (Å²) in [6.45, 7) is 11.2. The van der Waals surface area contributed by atoms with Gasteiger partial charge in [-0.2, -0.15) is 0 Å². The molecule has 0 aromatic heterocycles. The number of nitrogens with two attached hydrogens (primary N) is 1. The van der Waals surface area contributed by atoms with Crippen LogP contribution in [0, 0.1) is 0 Å². The summed E-state index contributed by atoms with van der Waals surface area (Å²) in [6.07, 6.45) is 4.30. The van der Waals surface area contributed by atoms with Crippen molar-refractivity contribution in [3.63, 3.8) is 0 Å². The van der Waals surface area contributed by atoms with E-state index < -0.39 is 0 Å². The Hall–Kier alpha value is -1.76. The van der Waals surface area contributed by atoms with Crippen molar-refractivity contribution >= 4 is 23.7 Å². The Balaban J connectivity index is 2.59. The first-order chi connectivity index (χ1) is 12.5. The molecule has 5 nitrogen and oxygen atoms in total. The van der Waals surface area contributed by atoms with Gasteiger partial charge >= 0.3 is 0 Å². The van der Waals surface area contributed by atoms with Crippen LogP contribution in [0.2, 0.25) is 0 Å². The van der Waals surface area contributed by atoms with Gasteiger partial charge in [-0.05, 0) is 64.3 Å². The monoisotopic (exact) mass is 376 g/mol. The normalized spacial score (nSPS) is 11.2. The standard InChI is InChI=1S/C20H32N4OS/c1-15(2)20(18-10-12-19(25-5)13-11-18)24-17(4)23-16(3)9-7-6-8-14-22-26-21/h10-13,22H,3,6-9,14,21H2,1-2,4-5H3,(H,23,24). The van der Waals surface area contributed by atoms with Crippen molar-refractivity contribution < 1.29 is 4.74 Å². The summed E-state index contributed by atoms with van der Waals surface area (Å²) < 4.78 is 8.27. The highest BCUT2D eigenvalue weighted by Gasteiger charge is 2.05. The van der Waals surface area contributed by atoms with E-state index in [9.17, 15) is 0 Å². The van der Waals surface area contributed by atoms with E-state index in [1.807, 2.05) is 31.2 Å². The molecule has 0 radical (unpaired) electrons. The second-order valence-electron chi connectivity index (χ2n) is 6.33. The van der Waals surface area contributed by atoms with Crippen molar-refractivity contribution in [1.82, 2.24) is 10.0 Å². The molecule has 0 bridgehead atoms. The number of ether oxygens (including phenoxy) is 1. The van der Waals surface area contributed by atoms with Crippen LogP contribution in [0.15, 0.2) is 47.1 Å². The van der Waals surface area contributed by atoms with Gasteiger partial charge in [0.05, 0.1) is 12.8 Å². The summed E-state index contributed by atoms with van der Waals surface area (Å²) in [7, 11) is 1.67. The van der Waals surface area contributed by atoms with E-state index in [0.29, 0.717) is 0 Å². The minimum Gasteiger partial charge on any atom is -0.497 e. The van der Waals surface area contributed by atoms with Gasteiger partial charge in [-0.25, -0.2) is 4.99 Å². The van der Waals surface area contributed by atoms with Gasteiger partial charge in [0.15, 0.2) is 0 Å². The first-order valence-electron chi connectivity index (χ1n) is 8.88. The molecular formula is C20H32N4OS. The van der Waals surface area contributed by atoms with Crippen molar-refractivity contribution in [3.05, 3.63) is 47.7 Å². The topological polar surface area (TPSA) is 71.7 Å². The number of allylic oxidation sites excluding steroid dienone is 2. The van der Waals surface area contributed by atoms with Gasteiger partial charge in [-0.1, -0.05) is 18.6 Å². The Kier molecular flexibility index (Phi) is 10.8. The molecule has 6 heteroatoms. The number of methoxy groups -OCH3 is 1. The molecule has 0 fully saturated rings. The van der Waals surface area contributed by atoms with E-state index in [0.717, 1.165) is 66.3 Å². The fraction of sp³-hybridized carbons (Fsp3) is 0.450. The van der Waals surface area contributed by atoms with Gasteiger partial charge < -0.3 is 10.1 Å². The summed E-state index contributed by atoms with van der Waals surface area (Å²) in [5.41, 5.74) is 4.20. The minimum atomic E-state index is 0.842. The van der Waals surface area contributed by atoms with Crippen molar-refractivity contribution in [2.75, 3.05) is 13.7 Å². The lowest BCUT2D eigenvalue weighted by Gasteiger charge is -2.12. The van der Waals surface area contributed by atoms with Crippen LogP contribution in [0.4, 0.5) is 0 Å². The molecule has 1 aromatic rings. The van der Waals surface area contributed by atoms with Crippen LogP contribution >= 0.6 is 12.1 Å². The number of unbranched alkanes of at least 4 members (excludes halogenated alkanes) is 2. The lowest BCUT2D eigenvalue weighted by molar-refractivity contribution is 0.415. The molecular weight excluding hydrogens is 344 g/mol. The van der Waals surface area contributed by atoms with Crippen LogP contribution in [0.5, 0.6) is 5.75 Å². The van der Waals surface area contributed by atoms with Gasteiger partial charge in [0.1, 0.15) is 11.6 Å². The summed E-state index contributed by atoms with van der Waals surface area (Å²) in [5.74, 6) is 1.69. The zero-order valence-corrected chi connectivity index (χ0v) is 17.2. The minimum absolute atomic E-state index is 0.842. The van der Waals surface area contributed by atoms with Crippen LogP contribution in [-0.2, 0) is 0 Å². The molecule has 0 heterocycles. The Labute approximate surface area is 162 Å². The summed E-state index contributed by atoms with van der Waals surface area (Å²) >= 11 is 1.18. The highest BCUT2D eigenvalue weighted by molar-refractivity contribution is 7.95. The predicted molar refractivity (Wildman–Crippen MR) is 115 cm³/mol. The highest BCUT2D eigenvalue weighted by Crippen LogP contribution is 2.23. The number of hydrogen-bond donors (Lipinski definition) is 3. The average molecular weight is 377 g/mol. The number of benzene rings is 1. The number of nitrogens with zero attached hydrogens (tertiary/aromatic N) is 1. The van der Waals surface area contributed by atoms with Crippen LogP contribution in [0.1, 0.15) is 52.0 Å². The van der Waals surface area contributed by atoms with E-state index in [1.54, 1.807) is 7.11 Å². The fourth-order valence-corrected chi connectivity index (χ4v) is 2.76. The van der Waals surface area contributed by atoms with Gasteiger partial charge in [0.25, 0.3) is 0 Å². The maximum absolute atomic E-state index is 5.32. The number of hydrogen-bond acceptors (Lipinski definition) is 5. The molecule has 0 aliphatic rings. The summed E-state index contributed by atoms with van der Waals surface area (Å²) in [4.78, 5) is 4.77. The third kappa shape index (κ3) is 8.56. The molecule has 0 aliphatic carbocycles. The molecule has 1 aromatic carbocycles. The molecule has 0 aliphatic heterocycles. The van der Waals surface area contributed by atoms with Gasteiger partial charge in [-0.3, -0.25) is 9.86 Å². The number of aliphatic imine (C=N–C) groups is 1. The lowest BCUT2D eigenvalue weighted by atomic mass is 10.1. The average Bonchev–Trinajstić information content (AvgIpc) is 2.62. The maximum atomic E-state index is 5.32. The fourth-order valence-electron chi connectivity index (χ4n) is 2.50. The van der Waals surface area contributed by atoms with Crippen LogP contribution < -0.4 is 19.9 Å². The SMILES string of the molecule is C=C(CCCCCNSN)NC(C)=NC(=C(C)C)c1ccc(OC)cc1. The largest absolute Gasteiger partial charge is 0.497 e. The highest BCUT2D eigenvalue weighted by atomic mass is 32.2. The van der Waals surface area contributed by atoms with E-state index in [-0.39, 0.29) is 0 Å². The molecule has 144 valence electrons. The van der Waals surface area contributed by atoms with E-state index >= 15 is 0 Å². The quantitative estimate of drug-likeness (QED) is 0.227. The van der Waals surface area contributed by atoms with Crippen LogP contribution in [0.3, 0.4) is 0 Å². The smallest absolute Gasteiger partial charge is 0.118 e. The molecule has 0 saturated heterocycles. The lowest BCUT2D eigenvalue weighted by Crippen LogP contribution is -2.19. The third-order valence-electron chi connectivity index (χ3n) is 3.81. The number of amidine groups is 1. The molecule has 0 unspecified atom stereocenters. The molecule has 4 N–H and O–H groups in total. The van der Waals surface area contributed by atoms with E-state index in [1.165, 1.54) is 12.1 Å². The maximum Gasteiger partial charge on any atom is 0.118 e. The molecule has 26 heavy (non-hydrogen) atoms. The second-order valence-corrected chi connectivity index (χ2v) is 6.85. The van der Waals surface area contributed by atoms with Gasteiger partial charge in [0.2, 0.25) is 0 Å². The van der Waals surface area contributed by atoms with Crippen LogP contribution in [0.25, 0.3) is 5.70 Å². The summed E-state index contributed by atoms with van der Waals surface area (Å²) in [6, 6.07) is 7.96. The van der Waals surface area contributed by atoms with Crippen molar-refractivity contribution in [1.29, 1.82) is 0 Å². The van der Waals surface area contributed by atoms with Crippen LogP contribution in [-0.4, -0.2) is 19.5 Å². The zero-order chi connectivity index (χ0) is 19.4. The Morgan fingerprint density at radius 1 is 1.15 bits per heavy atom. The van der Waals surface area contributed by atoms with E-state index in [2.05, 4.69) is 30.5 Å². The molecule has 0 atom stereocenters. The number of nitrogens with one attached hydrogen (secondary N) is 2. The predicted octanol–water partition coefficient (Wildman–Crippen LogP) is 4.64. The van der Waals surface area contributed by atoms with Gasteiger partial charge in [-0.15, -0.1) is 0 Å². The first kappa shape index (κ1) is 22.3. The Bertz CT molecular complexity index is 619. The molecule has 1 rings (SSSR count). The summed E-state index contributed by atoms with van der Waals surface area (Å²) in [5, 5.41) is 8.64. The van der Waals surface area contributed by atoms with Crippen molar-refractivity contribution in [2.45, 2.75) is 46.5 Å². The second kappa shape index (κ2) is 12.6.